The average molecular weight is 565 g/mol. The molecule has 0 bridgehead atoms. The number of para-hydroxylation sites is 1. The minimum absolute atomic E-state index is 0.0887. The van der Waals surface area contributed by atoms with Gasteiger partial charge in [0.1, 0.15) is 17.2 Å². The molecule has 11 nitrogen and oxygen atoms in total. The summed E-state index contributed by atoms with van der Waals surface area (Å²) in [6.07, 6.45) is 1.82. The smallest absolute Gasteiger partial charge is 0.254 e. The van der Waals surface area contributed by atoms with Crippen LogP contribution in [0, 0.1) is 6.92 Å². The number of morpholine rings is 1. The highest BCUT2D eigenvalue weighted by molar-refractivity contribution is 7.92. The number of methoxy groups -OCH3 is 1. The molecule has 1 aliphatic heterocycles. The quantitative estimate of drug-likeness (QED) is 0.284. The number of rotatable bonds is 8. The molecule has 40 heavy (non-hydrogen) atoms. The van der Waals surface area contributed by atoms with Crippen molar-refractivity contribution in [1.29, 1.82) is 0 Å². The zero-order valence-corrected chi connectivity index (χ0v) is 23.6. The fourth-order valence-corrected chi connectivity index (χ4v) is 5.73. The van der Waals surface area contributed by atoms with Crippen LogP contribution in [0.25, 0.3) is 11.0 Å². The molecule has 1 fully saturated rings. The third kappa shape index (κ3) is 5.32. The van der Waals surface area contributed by atoms with Crippen LogP contribution in [0.15, 0.2) is 53.6 Å². The van der Waals surface area contributed by atoms with Crippen LogP contribution >= 0.6 is 0 Å². The first kappa shape index (κ1) is 27.4. The number of H-pyrrole nitrogens is 1. The highest BCUT2D eigenvalue weighted by Crippen LogP contribution is 2.34. The summed E-state index contributed by atoms with van der Waals surface area (Å²) in [4.78, 5) is 27.4. The molecule has 0 atom stereocenters. The Bertz CT molecular complexity index is 1660. The van der Waals surface area contributed by atoms with Crippen molar-refractivity contribution in [2.75, 3.05) is 44.0 Å². The van der Waals surface area contributed by atoms with E-state index in [2.05, 4.69) is 20.6 Å². The summed E-state index contributed by atoms with van der Waals surface area (Å²) < 4.78 is 37.0. The van der Waals surface area contributed by atoms with Crippen LogP contribution in [0.1, 0.15) is 29.8 Å². The highest BCUT2D eigenvalue weighted by Gasteiger charge is 2.24. The lowest BCUT2D eigenvalue weighted by molar-refractivity contribution is 0.0302. The van der Waals surface area contributed by atoms with Gasteiger partial charge < -0.3 is 30.0 Å². The Balaban J connectivity index is 1.49. The van der Waals surface area contributed by atoms with Crippen molar-refractivity contribution < 1.29 is 22.7 Å². The molecule has 210 valence electrons. The summed E-state index contributed by atoms with van der Waals surface area (Å²) >= 11 is 0. The normalized spacial score (nSPS) is 14.0. The Morgan fingerprint density at radius 2 is 1.82 bits per heavy atom. The van der Waals surface area contributed by atoms with Crippen LogP contribution in [0.4, 0.5) is 23.1 Å². The van der Waals surface area contributed by atoms with E-state index in [1.165, 1.54) is 7.11 Å². The molecule has 1 aliphatic rings. The van der Waals surface area contributed by atoms with Gasteiger partial charge in [0.15, 0.2) is 9.84 Å². The number of carbonyl (C=O) groups excluding carboxylic acids is 1. The van der Waals surface area contributed by atoms with Crippen LogP contribution in [-0.2, 0) is 14.6 Å². The molecule has 3 heterocycles. The van der Waals surface area contributed by atoms with Crippen LogP contribution in [-0.4, -0.2) is 72.8 Å². The molecule has 0 aliphatic carbocycles. The number of nitrogens with zero attached hydrogens (tertiary/aromatic N) is 3. The van der Waals surface area contributed by atoms with Crippen molar-refractivity contribution in [2.24, 2.45) is 0 Å². The summed E-state index contributed by atoms with van der Waals surface area (Å²) in [6.45, 7) is 7.35. The zero-order valence-electron chi connectivity index (χ0n) is 22.8. The van der Waals surface area contributed by atoms with Gasteiger partial charge in [0.2, 0.25) is 5.95 Å². The van der Waals surface area contributed by atoms with Gasteiger partial charge in [0.25, 0.3) is 5.91 Å². The molecule has 5 rings (SSSR count). The molecule has 0 unspecified atom stereocenters. The first-order valence-electron chi connectivity index (χ1n) is 13.0. The first-order chi connectivity index (χ1) is 19.2. The number of amides is 1. The number of nitrogens with one attached hydrogen (secondary N) is 3. The minimum Gasteiger partial charge on any atom is -0.495 e. The van der Waals surface area contributed by atoms with E-state index in [1.807, 2.05) is 13.1 Å². The molecule has 1 saturated heterocycles. The third-order valence-corrected chi connectivity index (χ3v) is 9.00. The molecule has 0 radical (unpaired) electrons. The van der Waals surface area contributed by atoms with E-state index in [1.54, 1.807) is 61.2 Å². The number of anilines is 4. The number of aryl methyl sites for hydroxylation is 1. The van der Waals surface area contributed by atoms with E-state index in [0.29, 0.717) is 60.5 Å². The van der Waals surface area contributed by atoms with Crippen molar-refractivity contribution in [3.63, 3.8) is 0 Å². The van der Waals surface area contributed by atoms with Gasteiger partial charge in [0.05, 0.1) is 47.2 Å². The monoisotopic (exact) mass is 564 g/mol. The fourth-order valence-electron chi connectivity index (χ4n) is 4.53. The highest BCUT2D eigenvalue weighted by atomic mass is 32.2. The lowest BCUT2D eigenvalue weighted by Crippen LogP contribution is -2.40. The molecule has 0 saturated carbocycles. The van der Waals surface area contributed by atoms with E-state index in [0.717, 1.165) is 10.9 Å². The predicted octanol–water partition coefficient (Wildman–Crippen LogP) is 4.42. The summed E-state index contributed by atoms with van der Waals surface area (Å²) in [5, 5.41) is 6.58. The Morgan fingerprint density at radius 1 is 1.07 bits per heavy atom. The van der Waals surface area contributed by atoms with Crippen LogP contribution < -0.4 is 15.4 Å². The summed E-state index contributed by atoms with van der Waals surface area (Å²) in [7, 11) is -2.02. The van der Waals surface area contributed by atoms with Crippen molar-refractivity contribution in [3.8, 4) is 5.75 Å². The molecule has 2 aromatic heterocycles. The van der Waals surface area contributed by atoms with Crippen molar-refractivity contribution in [1.82, 2.24) is 19.9 Å². The zero-order chi connectivity index (χ0) is 28.4. The Morgan fingerprint density at radius 3 is 2.55 bits per heavy atom. The van der Waals surface area contributed by atoms with Gasteiger partial charge in [-0.05, 0) is 56.7 Å². The lowest BCUT2D eigenvalue weighted by Gasteiger charge is -2.27. The number of carbonyl (C=O) groups is 1. The van der Waals surface area contributed by atoms with Crippen LogP contribution in [0.3, 0.4) is 0 Å². The van der Waals surface area contributed by atoms with Gasteiger partial charge in [-0.15, -0.1) is 0 Å². The van der Waals surface area contributed by atoms with Crippen LogP contribution in [0.2, 0.25) is 0 Å². The maximum atomic E-state index is 13.0. The minimum atomic E-state index is -3.55. The third-order valence-electron chi connectivity index (χ3n) is 6.79. The Hall–Kier alpha value is -4.16. The topological polar surface area (TPSA) is 139 Å². The first-order valence-corrected chi connectivity index (χ1v) is 14.5. The van der Waals surface area contributed by atoms with E-state index >= 15 is 0 Å². The number of aromatic nitrogens is 3. The van der Waals surface area contributed by atoms with Gasteiger partial charge in [0, 0.05) is 24.8 Å². The fraction of sp³-hybridized carbons (Fsp3) is 0.321. The molecule has 3 N–H and O–H groups in total. The number of hydrogen-bond acceptors (Lipinski definition) is 9. The van der Waals surface area contributed by atoms with Crippen molar-refractivity contribution in [2.45, 2.75) is 30.9 Å². The van der Waals surface area contributed by atoms with Crippen molar-refractivity contribution >= 4 is 49.9 Å². The molecule has 1 amide bonds. The Labute approximate surface area is 232 Å². The van der Waals surface area contributed by atoms with Gasteiger partial charge in [-0.1, -0.05) is 12.1 Å². The largest absolute Gasteiger partial charge is 0.495 e. The average Bonchev–Trinajstić information content (AvgIpc) is 3.34. The lowest BCUT2D eigenvalue weighted by atomic mass is 10.1. The summed E-state index contributed by atoms with van der Waals surface area (Å²) in [6, 6.07) is 11.9. The van der Waals surface area contributed by atoms with Crippen molar-refractivity contribution in [3.05, 3.63) is 59.8 Å². The second kappa shape index (κ2) is 11.1. The second-order valence-corrected chi connectivity index (χ2v) is 12.2. The maximum absolute atomic E-state index is 13.0. The molecule has 0 spiro atoms. The number of aromatic amines is 1. The van der Waals surface area contributed by atoms with E-state index < -0.39 is 15.1 Å². The number of ether oxygens (including phenoxy) is 2. The van der Waals surface area contributed by atoms with Gasteiger partial charge in [-0.25, -0.2) is 8.42 Å². The van der Waals surface area contributed by atoms with E-state index in [9.17, 15) is 13.2 Å². The summed E-state index contributed by atoms with van der Waals surface area (Å²) in [5.41, 5.74) is 2.96. The molecular formula is C28H32N6O5S. The molecule has 2 aromatic carbocycles. The number of sulfone groups is 1. The number of fused-ring (bicyclic) bond motifs is 1. The second-order valence-electron chi connectivity index (χ2n) is 9.75. The number of hydrogen-bond donors (Lipinski definition) is 3. The summed E-state index contributed by atoms with van der Waals surface area (Å²) in [5.74, 6) is 1.06. The van der Waals surface area contributed by atoms with Gasteiger partial charge in [-0.3, -0.25) is 4.79 Å². The van der Waals surface area contributed by atoms with E-state index in [4.69, 9.17) is 14.5 Å². The van der Waals surface area contributed by atoms with Gasteiger partial charge in [-0.2, -0.15) is 9.97 Å². The standard InChI is InChI=1S/C28H32N6O5S/c1-17(2)40(36,37)23-8-6-5-7-21(23)30-26-24-18(3)16-29-25(24)32-28(33-26)31-20-10-9-19(15-22(20)38-4)27(35)34-11-13-39-14-12-34/h5-10,15-17H,11-14H2,1-4H3,(H3,29,30,31,32,33). The molecule has 12 heteroatoms. The van der Waals surface area contributed by atoms with E-state index in [-0.39, 0.29) is 16.8 Å². The Kier molecular flexibility index (Phi) is 7.63. The van der Waals surface area contributed by atoms with Crippen LogP contribution in [0.5, 0.6) is 5.75 Å². The molecular weight excluding hydrogens is 532 g/mol. The maximum Gasteiger partial charge on any atom is 0.254 e. The number of benzene rings is 2. The predicted molar refractivity (Wildman–Crippen MR) is 154 cm³/mol. The molecule has 4 aromatic rings. The SMILES string of the molecule is COc1cc(C(=O)N2CCOCC2)ccc1Nc1nc(Nc2ccccc2S(=O)(=O)C(C)C)c2c(C)c[nH]c2n1. The van der Waals surface area contributed by atoms with Gasteiger partial charge >= 0.3 is 0 Å².